The number of aliphatic carboxylic acids is 1. The van der Waals surface area contributed by atoms with Crippen molar-refractivity contribution in [3.8, 4) is 0 Å². The van der Waals surface area contributed by atoms with E-state index in [0.717, 1.165) is 0 Å². The second-order valence-corrected chi connectivity index (χ2v) is 3.78. The first kappa shape index (κ1) is 12.3. The lowest BCUT2D eigenvalue weighted by atomic mass is 9.96. The summed E-state index contributed by atoms with van der Waals surface area (Å²) in [5, 5.41) is 8.64. The Bertz CT molecular complexity index is 208. The summed E-state index contributed by atoms with van der Waals surface area (Å²) in [6.45, 7) is 3.09. The van der Waals surface area contributed by atoms with Crippen LogP contribution < -0.4 is 5.43 Å². The smallest absolute Gasteiger partial charge is 0.307 e. The first-order valence-electron chi connectivity index (χ1n) is 3.88. The van der Waals surface area contributed by atoms with Crippen LogP contribution in [0.25, 0.3) is 0 Å². The molecule has 5 nitrogen and oxygen atoms in total. The van der Waals surface area contributed by atoms with Gasteiger partial charge in [0, 0.05) is 13.0 Å². The molecule has 0 aromatic heterocycles. The number of carbonyl (C=O) groups excluding carboxylic acids is 1. The summed E-state index contributed by atoms with van der Waals surface area (Å²) in [4.78, 5) is 21.8. The number of rotatable bonds is 4. The van der Waals surface area contributed by atoms with Gasteiger partial charge in [-0.25, -0.2) is 4.78 Å². The summed E-state index contributed by atoms with van der Waals surface area (Å²) in [6, 6.07) is 0. The van der Waals surface area contributed by atoms with Gasteiger partial charge in [0.25, 0.3) is 0 Å². The Labute approximate surface area is 79.7 Å². The molecule has 0 saturated heterocycles. The lowest BCUT2D eigenvalue weighted by Crippen LogP contribution is -2.39. The number of nitrogens with zero attached hydrogens (tertiary/aromatic N) is 1. The third kappa shape index (κ3) is 4.20. The van der Waals surface area contributed by atoms with Crippen molar-refractivity contribution in [2.45, 2.75) is 13.8 Å². The molecule has 0 heterocycles. The number of carboxylic acids is 1. The molecule has 0 aromatic carbocycles. The monoisotopic (exact) mass is 206 g/mol. The summed E-state index contributed by atoms with van der Waals surface area (Å²) in [5.74, 6) is -2.48. The number of carbonyl (C=O) groups is 2. The molecule has 3 atom stereocenters. The van der Waals surface area contributed by atoms with E-state index in [4.69, 9.17) is 5.11 Å². The number of amides is 1. The van der Waals surface area contributed by atoms with Gasteiger partial charge in [-0.1, -0.05) is 13.8 Å². The van der Waals surface area contributed by atoms with E-state index in [-0.39, 0.29) is 5.91 Å². The Morgan fingerprint density at radius 3 is 2.15 bits per heavy atom. The van der Waals surface area contributed by atoms with Gasteiger partial charge in [-0.2, -0.15) is 0 Å². The number of carboxylic acid groups (broad SMARTS) is 1. The van der Waals surface area contributed by atoms with Gasteiger partial charge in [-0.05, 0) is 9.39 Å². The van der Waals surface area contributed by atoms with Crippen LogP contribution in [0.3, 0.4) is 0 Å². The van der Waals surface area contributed by atoms with Crippen molar-refractivity contribution in [3.05, 3.63) is 0 Å². The molecule has 3 unspecified atom stereocenters. The molecule has 0 aromatic rings. The predicted octanol–water partition coefficient (Wildman–Crippen LogP) is 0.0963. The van der Waals surface area contributed by atoms with Crippen molar-refractivity contribution in [3.63, 3.8) is 0 Å². The molecule has 0 aliphatic rings. The summed E-state index contributed by atoms with van der Waals surface area (Å²) >= 11 is 0. The molecule has 13 heavy (non-hydrogen) atoms. The highest BCUT2D eigenvalue weighted by Crippen LogP contribution is 2.11. The molecular formula is C7H15N2O3P. The van der Waals surface area contributed by atoms with Gasteiger partial charge in [-0.15, -0.1) is 0 Å². The maximum absolute atomic E-state index is 11.3. The van der Waals surface area contributed by atoms with Gasteiger partial charge in [0.2, 0.25) is 5.91 Å². The maximum atomic E-state index is 11.3. The van der Waals surface area contributed by atoms with Crippen LogP contribution in [-0.2, 0) is 9.59 Å². The SMILES string of the molecule is CC(C(=O)O)C(C)C(=O)NN(C)P. The highest BCUT2D eigenvalue weighted by Gasteiger charge is 2.25. The lowest BCUT2D eigenvalue weighted by molar-refractivity contribution is -0.146. The molecule has 76 valence electrons. The van der Waals surface area contributed by atoms with Crippen molar-refractivity contribution in [2.75, 3.05) is 7.05 Å². The standard InChI is InChI=1S/C7H15N2O3P/c1-4(5(2)7(11)12)6(10)8-9(3)13/h4-5H,13H2,1-3H3,(H,8,10)(H,11,12). The quantitative estimate of drug-likeness (QED) is 0.505. The predicted molar refractivity (Wildman–Crippen MR) is 51.6 cm³/mol. The molecule has 0 bridgehead atoms. The first-order valence-corrected chi connectivity index (χ1v) is 4.39. The van der Waals surface area contributed by atoms with Crippen molar-refractivity contribution in [2.24, 2.45) is 11.8 Å². The fraction of sp³-hybridized carbons (Fsp3) is 0.714. The van der Waals surface area contributed by atoms with Crippen LogP contribution in [0.15, 0.2) is 0 Å². The Morgan fingerprint density at radius 1 is 1.38 bits per heavy atom. The Hall–Kier alpha value is -0.670. The van der Waals surface area contributed by atoms with Gasteiger partial charge >= 0.3 is 5.97 Å². The zero-order chi connectivity index (χ0) is 10.6. The molecule has 0 spiro atoms. The van der Waals surface area contributed by atoms with Gasteiger partial charge in [0.15, 0.2) is 0 Å². The van der Waals surface area contributed by atoms with Gasteiger partial charge < -0.3 is 5.11 Å². The van der Waals surface area contributed by atoms with Gasteiger partial charge in [-0.3, -0.25) is 15.0 Å². The molecule has 0 aliphatic carbocycles. The minimum absolute atomic E-state index is 0.299. The fourth-order valence-electron chi connectivity index (χ4n) is 0.717. The Balaban J connectivity index is 4.17. The van der Waals surface area contributed by atoms with E-state index in [2.05, 4.69) is 14.8 Å². The second kappa shape index (κ2) is 5.14. The lowest BCUT2D eigenvalue weighted by Gasteiger charge is -2.18. The van der Waals surface area contributed by atoms with Crippen LogP contribution in [0.2, 0.25) is 0 Å². The van der Waals surface area contributed by atoms with Gasteiger partial charge in [0.05, 0.1) is 5.92 Å². The van der Waals surface area contributed by atoms with Gasteiger partial charge in [0.1, 0.15) is 0 Å². The molecule has 1 amide bonds. The average Bonchev–Trinajstić information content (AvgIpc) is 2.00. The molecule has 0 aliphatic heterocycles. The highest BCUT2D eigenvalue weighted by molar-refractivity contribution is 7.13. The zero-order valence-electron chi connectivity index (χ0n) is 7.94. The summed E-state index contributed by atoms with van der Waals surface area (Å²) in [5.41, 5.74) is 2.47. The summed E-state index contributed by atoms with van der Waals surface area (Å²) < 4.78 is 1.41. The van der Waals surface area contributed by atoms with E-state index < -0.39 is 17.8 Å². The summed E-state index contributed by atoms with van der Waals surface area (Å²) in [7, 11) is 3.90. The van der Waals surface area contributed by atoms with Crippen molar-refractivity contribution >= 4 is 21.3 Å². The minimum Gasteiger partial charge on any atom is -0.481 e. The zero-order valence-corrected chi connectivity index (χ0v) is 9.10. The van der Waals surface area contributed by atoms with E-state index >= 15 is 0 Å². The first-order chi connectivity index (χ1) is 5.86. The van der Waals surface area contributed by atoms with Crippen molar-refractivity contribution in [1.29, 1.82) is 0 Å². The molecule has 6 heteroatoms. The molecule has 2 N–H and O–H groups in total. The minimum atomic E-state index is -0.964. The molecule has 0 radical (unpaired) electrons. The van der Waals surface area contributed by atoms with Crippen LogP contribution in [0, 0.1) is 11.8 Å². The van der Waals surface area contributed by atoms with Crippen molar-refractivity contribution in [1.82, 2.24) is 10.2 Å². The number of hydrazine groups is 1. The molecular weight excluding hydrogens is 191 g/mol. The second-order valence-electron chi connectivity index (χ2n) is 3.00. The largest absolute Gasteiger partial charge is 0.481 e. The Morgan fingerprint density at radius 2 is 1.85 bits per heavy atom. The Kier molecular flexibility index (Phi) is 4.88. The highest BCUT2D eigenvalue weighted by atomic mass is 31.0. The third-order valence-electron chi connectivity index (χ3n) is 1.84. The van der Waals surface area contributed by atoms with Crippen LogP contribution in [0.1, 0.15) is 13.8 Å². The topological polar surface area (TPSA) is 69.6 Å². The van der Waals surface area contributed by atoms with E-state index in [1.165, 1.54) is 11.7 Å². The summed E-state index contributed by atoms with van der Waals surface area (Å²) in [6.07, 6.45) is 0. The molecule has 0 fully saturated rings. The number of hydrogen-bond donors (Lipinski definition) is 2. The molecule has 0 saturated carbocycles. The van der Waals surface area contributed by atoms with Crippen LogP contribution in [-0.4, -0.2) is 28.8 Å². The third-order valence-corrected chi connectivity index (χ3v) is 1.97. The van der Waals surface area contributed by atoms with E-state index in [9.17, 15) is 9.59 Å². The van der Waals surface area contributed by atoms with Crippen LogP contribution in [0.5, 0.6) is 0 Å². The van der Waals surface area contributed by atoms with E-state index in [1.807, 2.05) is 0 Å². The van der Waals surface area contributed by atoms with E-state index in [1.54, 1.807) is 14.0 Å². The number of nitrogens with one attached hydrogen (secondary N) is 1. The normalized spacial score (nSPS) is 15.2. The van der Waals surface area contributed by atoms with E-state index in [0.29, 0.717) is 0 Å². The van der Waals surface area contributed by atoms with Crippen molar-refractivity contribution < 1.29 is 14.7 Å². The van der Waals surface area contributed by atoms with Crippen LogP contribution >= 0.6 is 9.39 Å². The average molecular weight is 206 g/mol. The molecule has 0 rings (SSSR count). The fourth-order valence-corrected chi connectivity index (χ4v) is 0.844. The maximum Gasteiger partial charge on any atom is 0.307 e. The van der Waals surface area contributed by atoms with Crippen LogP contribution in [0.4, 0.5) is 0 Å². The number of hydrogen-bond acceptors (Lipinski definition) is 3.